The van der Waals surface area contributed by atoms with Gasteiger partial charge in [0, 0.05) is 17.2 Å². The number of esters is 1. The normalized spacial score (nSPS) is 20.2. The zero-order valence-corrected chi connectivity index (χ0v) is 23.4. The molecule has 2 aliphatic carbocycles. The van der Waals surface area contributed by atoms with Crippen LogP contribution in [0.5, 0.6) is 17.2 Å². The van der Waals surface area contributed by atoms with Crippen molar-refractivity contribution in [2.24, 2.45) is 11.8 Å². The lowest BCUT2D eigenvalue weighted by molar-refractivity contribution is -0.145. The molecule has 2 aromatic rings. The summed E-state index contributed by atoms with van der Waals surface area (Å²) in [4.78, 5) is 27.7. The van der Waals surface area contributed by atoms with Crippen LogP contribution in [0.2, 0.25) is 0 Å². The van der Waals surface area contributed by atoms with E-state index in [-0.39, 0.29) is 25.2 Å². The highest BCUT2D eigenvalue weighted by atomic mass is 32.1. The summed E-state index contributed by atoms with van der Waals surface area (Å²) in [6.45, 7) is 5.34. The van der Waals surface area contributed by atoms with E-state index in [1.165, 1.54) is 33.5 Å². The number of methoxy groups -OCH3 is 2. The molecule has 0 saturated heterocycles. The van der Waals surface area contributed by atoms with Crippen LogP contribution in [-0.2, 0) is 14.3 Å². The summed E-state index contributed by atoms with van der Waals surface area (Å²) >= 11 is 5.50. The molecule has 204 valence electrons. The Balaban J connectivity index is 1.56. The predicted octanol–water partition coefficient (Wildman–Crippen LogP) is 5.67. The second-order valence-electron chi connectivity index (χ2n) is 9.77. The van der Waals surface area contributed by atoms with Crippen molar-refractivity contribution in [3.8, 4) is 28.6 Å². The Morgan fingerprint density at radius 3 is 2.47 bits per heavy atom. The smallest absolute Gasteiger partial charge is 0.344 e. The third kappa shape index (κ3) is 5.88. The van der Waals surface area contributed by atoms with E-state index in [1.807, 2.05) is 11.8 Å². The molecule has 0 N–H and O–H groups in total. The van der Waals surface area contributed by atoms with Crippen molar-refractivity contribution < 1.29 is 33.0 Å². The molecule has 1 aromatic heterocycles. The maximum atomic E-state index is 13.4. The molecule has 2 fully saturated rings. The van der Waals surface area contributed by atoms with Gasteiger partial charge in [-0.25, -0.2) is 4.79 Å². The number of benzene rings is 1. The first-order valence-corrected chi connectivity index (χ1v) is 13.3. The molecule has 2 bridgehead atoms. The highest BCUT2D eigenvalue weighted by Crippen LogP contribution is 2.47. The van der Waals surface area contributed by atoms with Gasteiger partial charge in [-0.1, -0.05) is 18.6 Å². The molecule has 2 saturated carbocycles. The van der Waals surface area contributed by atoms with Gasteiger partial charge in [0.05, 0.1) is 25.8 Å². The fourth-order valence-corrected chi connectivity index (χ4v) is 5.84. The molecule has 9 heteroatoms. The molecule has 3 unspecified atom stereocenters. The highest BCUT2D eigenvalue weighted by molar-refractivity contribution is 7.80. The van der Waals surface area contributed by atoms with Crippen molar-refractivity contribution in [1.82, 2.24) is 4.90 Å². The third-order valence-corrected chi connectivity index (χ3v) is 7.49. The lowest BCUT2D eigenvalue weighted by atomic mass is 9.93. The van der Waals surface area contributed by atoms with E-state index in [0.717, 1.165) is 6.42 Å². The van der Waals surface area contributed by atoms with Crippen LogP contribution in [0.1, 0.15) is 52.2 Å². The Labute approximate surface area is 228 Å². The van der Waals surface area contributed by atoms with E-state index in [9.17, 15) is 9.59 Å². The minimum absolute atomic E-state index is 0.0752. The SMILES string of the molecule is CCOC(=O)COc1cc(-c2ccc(/C=C(\C)C(=O)N(C(C)=S)C3CC4CCC3C4)o2)cc(OC)c1OC. The van der Waals surface area contributed by atoms with E-state index in [4.69, 9.17) is 35.6 Å². The fraction of sp³-hybridized carbons (Fsp3) is 0.483. The first-order chi connectivity index (χ1) is 18.2. The standard InChI is InChI=1S/C29H35NO7S/c1-6-35-27(31)16-36-26-15-21(14-25(33-4)28(26)34-5)24-10-9-22(37-24)11-17(2)29(32)30(18(3)38)23-13-19-7-8-20(23)12-19/h9-11,14-15,19-20,23H,6-8,12-13,16H2,1-5H3/b17-11+. The summed E-state index contributed by atoms with van der Waals surface area (Å²) in [7, 11) is 3.01. The summed E-state index contributed by atoms with van der Waals surface area (Å²) in [5.74, 6) is 2.83. The molecule has 1 amide bonds. The molecule has 8 nitrogen and oxygen atoms in total. The Morgan fingerprint density at radius 1 is 1.11 bits per heavy atom. The molecule has 0 radical (unpaired) electrons. The van der Waals surface area contributed by atoms with Crippen molar-refractivity contribution in [2.45, 2.75) is 52.5 Å². The molecular formula is C29H35NO7S. The fourth-order valence-electron chi connectivity index (χ4n) is 5.62. The van der Waals surface area contributed by atoms with Gasteiger partial charge >= 0.3 is 5.97 Å². The summed E-state index contributed by atoms with van der Waals surface area (Å²) in [5.41, 5.74) is 1.21. The van der Waals surface area contributed by atoms with E-state index < -0.39 is 5.97 Å². The molecular weight excluding hydrogens is 506 g/mol. The number of rotatable bonds is 10. The maximum absolute atomic E-state index is 13.4. The Kier molecular flexibility index (Phi) is 8.76. The van der Waals surface area contributed by atoms with E-state index in [0.29, 0.717) is 56.7 Å². The van der Waals surface area contributed by atoms with Gasteiger partial charge in [-0.15, -0.1) is 0 Å². The average Bonchev–Trinajstić information content (AvgIpc) is 3.65. The van der Waals surface area contributed by atoms with Gasteiger partial charge in [-0.2, -0.15) is 0 Å². The molecule has 1 aromatic carbocycles. The second kappa shape index (κ2) is 12.0. The minimum atomic E-state index is -0.490. The van der Waals surface area contributed by atoms with Crippen LogP contribution in [0.15, 0.2) is 34.3 Å². The molecule has 3 atom stereocenters. The van der Waals surface area contributed by atoms with Crippen molar-refractivity contribution in [1.29, 1.82) is 0 Å². The number of thiocarbonyl (C=S) groups is 1. The molecule has 0 spiro atoms. The zero-order chi connectivity index (χ0) is 27.4. The number of furan rings is 1. The van der Waals surface area contributed by atoms with Gasteiger partial charge in [-0.3, -0.25) is 9.69 Å². The first kappa shape index (κ1) is 27.7. The predicted molar refractivity (Wildman–Crippen MR) is 147 cm³/mol. The van der Waals surface area contributed by atoms with Crippen molar-refractivity contribution in [3.63, 3.8) is 0 Å². The van der Waals surface area contributed by atoms with Crippen LogP contribution in [0.4, 0.5) is 0 Å². The first-order valence-electron chi connectivity index (χ1n) is 12.9. The average molecular weight is 542 g/mol. The van der Waals surface area contributed by atoms with Crippen LogP contribution in [0, 0.1) is 11.8 Å². The summed E-state index contributed by atoms with van der Waals surface area (Å²) in [6, 6.07) is 7.25. The number of carbonyl (C=O) groups is 2. The molecule has 0 aliphatic heterocycles. The highest BCUT2D eigenvalue weighted by Gasteiger charge is 2.44. The topological polar surface area (TPSA) is 87.4 Å². The van der Waals surface area contributed by atoms with Gasteiger partial charge in [0.1, 0.15) is 11.5 Å². The number of ether oxygens (including phenoxy) is 4. The van der Waals surface area contributed by atoms with E-state index in [2.05, 4.69) is 0 Å². The van der Waals surface area contributed by atoms with E-state index in [1.54, 1.807) is 44.2 Å². The summed E-state index contributed by atoms with van der Waals surface area (Å²) < 4.78 is 27.6. The minimum Gasteiger partial charge on any atom is -0.493 e. The van der Waals surface area contributed by atoms with Gasteiger partial charge in [0.2, 0.25) is 5.75 Å². The van der Waals surface area contributed by atoms with E-state index >= 15 is 0 Å². The van der Waals surface area contributed by atoms with Crippen molar-refractivity contribution >= 4 is 35.2 Å². The number of fused-ring (bicyclic) bond motifs is 2. The number of hydrogen-bond acceptors (Lipinski definition) is 8. The molecule has 2 aliphatic rings. The molecule has 1 heterocycles. The Hall–Kier alpha value is -3.33. The van der Waals surface area contributed by atoms with Crippen LogP contribution in [-0.4, -0.2) is 55.2 Å². The van der Waals surface area contributed by atoms with Crippen molar-refractivity contribution in [3.05, 3.63) is 35.6 Å². The molecule has 4 rings (SSSR count). The maximum Gasteiger partial charge on any atom is 0.344 e. The third-order valence-electron chi connectivity index (χ3n) is 7.29. The molecule has 38 heavy (non-hydrogen) atoms. The van der Waals surface area contributed by atoms with Crippen LogP contribution >= 0.6 is 12.2 Å². The zero-order valence-electron chi connectivity index (χ0n) is 22.6. The summed E-state index contributed by atoms with van der Waals surface area (Å²) in [5, 5.41) is 0. The van der Waals surface area contributed by atoms with Gasteiger partial charge < -0.3 is 23.4 Å². The second-order valence-corrected chi connectivity index (χ2v) is 10.4. The van der Waals surface area contributed by atoms with Crippen LogP contribution in [0.3, 0.4) is 0 Å². The Bertz CT molecular complexity index is 1230. The quantitative estimate of drug-likeness (QED) is 0.216. The monoisotopic (exact) mass is 541 g/mol. The number of amides is 1. The van der Waals surface area contributed by atoms with Crippen LogP contribution in [0.25, 0.3) is 17.4 Å². The lowest BCUT2D eigenvalue weighted by Gasteiger charge is -2.34. The lowest BCUT2D eigenvalue weighted by Crippen LogP contribution is -2.45. The van der Waals surface area contributed by atoms with Gasteiger partial charge in [0.15, 0.2) is 18.1 Å². The number of hydrogen-bond donors (Lipinski definition) is 0. The number of nitrogens with zero attached hydrogens (tertiary/aromatic N) is 1. The Morgan fingerprint density at radius 2 is 1.87 bits per heavy atom. The van der Waals surface area contributed by atoms with Gasteiger partial charge in [-0.05, 0) is 82.2 Å². The van der Waals surface area contributed by atoms with Crippen LogP contribution < -0.4 is 14.2 Å². The number of carbonyl (C=O) groups excluding carboxylic acids is 2. The van der Waals surface area contributed by atoms with Crippen molar-refractivity contribution in [2.75, 3.05) is 27.4 Å². The largest absolute Gasteiger partial charge is 0.493 e. The van der Waals surface area contributed by atoms with Gasteiger partial charge in [0.25, 0.3) is 5.91 Å². The summed E-state index contributed by atoms with van der Waals surface area (Å²) in [6.07, 6.45) is 6.39.